The summed E-state index contributed by atoms with van der Waals surface area (Å²) in [5, 5.41) is 13.2. The van der Waals surface area contributed by atoms with Crippen molar-refractivity contribution in [3.05, 3.63) is 51.0 Å². The predicted octanol–water partition coefficient (Wildman–Crippen LogP) is 5.84. The normalized spacial score (nSPS) is 18.8. The van der Waals surface area contributed by atoms with Crippen LogP contribution >= 0.6 is 11.3 Å². The Morgan fingerprint density at radius 3 is 2.79 bits per heavy atom. The number of amides is 1. The van der Waals surface area contributed by atoms with Crippen molar-refractivity contribution < 1.29 is 22.7 Å². The number of nitriles is 1. The third-order valence-corrected chi connectivity index (χ3v) is 7.08. The Morgan fingerprint density at radius 1 is 1.33 bits per heavy atom. The lowest BCUT2D eigenvalue weighted by Gasteiger charge is -2.27. The van der Waals surface area contributed by atoms with Gasteiger partial charge in [0.1, 0.15) is 22.4 Å². The van der Waals surface area contributed by atoms with Crippen molar-refractivity contribution in [1.29, 1.82) is 5.26 Å². The number of nitrogens with zero attached hydrogens (tertiary/aromatic N) is 2. The number of thiazole rings is 1. The van der Waals surface area contributed by atoms with Gasteiger partial charge < -0.3 is 10.1 Å². The Kier molecular flexibility index (Phi) is 6.75. The Balaban J connectivity index is 1.52. The summed E-state index contributed by atoms with van der Waals surface area (Å²) >= 11 is 1.55. The van der Waals surface area contributed by atoms with Crippen LogP contribution in [0.2, 0.25) is 0 Å². The average molecular weight is 476 g/mol. The fourth-order valence-corrected chi connectivity index (χ4v) is 5.13. The molecule has 174 valence electrons. The fraction of sp³-hybridized carbons (Fsp3) is 0.458. The molecule has 1 aliphatic heterocycles. The molecule has 0 saturated heterocycles. The number of benzene rings is 1. The van der Waals surface area contributed by atoms with Crippen molar-refractivity contribution in [1.82, 2.24) is 10.3 Å². The summed E-state index contributed by atoms with van der Waals surface area (Å²) in [5.74, 6) is 0.634. The summed E-state index contributed by atoms with van der Waals surface area (Å²) in [6, 6.07) is 7.08. The van der Waals surface area contributed by atoms with Gasteiger partial charge in [-0.15, -0.1) is 11.3 Å². The van der Waals surface area contributed by atoms with Crippen LogP contribution in [0.4, 0.5) is 13.2 Å². The maximum Gasteiger partial charge on any atom is 0.389 e. The average Bonchev–Trinajstić information content (AvgIpc) is 3.52. The number of rotatable bonds is 8. The van der Waals surface area contributed by atoms with Crippen LogP contribution in [0.25, 0.3) is 5.57 Å². The molecule has 2 aliphatic rings. The van der Waals surface area contributed by atoms with Gasteiger partial charge in [0.15, 0.2) is 0 Å². The first kappa shape index (κ1) is 23.3. The molecule has 1 saturated carbocycles. The van der Waals surface area contributed by atoms with E-state index in [1.807, 2.05) is 31.3 Å². The molecule has 33 heavy (non-hydrogen) atoms. The molecule has 0 bridgehead atoms. The summed E-state index contributed by atoms with van der Waals surface area (Å²) < 4.78 is 42.5. The zero-order valence-electron chi connectivity index (χ0n) is 18.2. The van der Waals surface area contributed by atoms with Crippen LogP contribution in [-0.2, 0) is 11.2 Å². The van der Waals surface area contributed by atoms with Gasteiger partial charge in [-0.2, -0.15) is 18.4 Å². The highest BCUT2D eigenvalue weighted by Crippen LogP contribution is 2.45. The van der Waals surface area contributed by atoms with Crippen LogP contribution in [0.1, 0.15) is 72.0 Å². The Hall–Kier alpha value is -2.86. The molecule has 2 heterocycles. The lowest BCUT2D eigenvalue weighted by molar-refractivity contribution is -0.136. The summed E-state index contributed by atoms with van der Waals surface area (Å²) in [7, 11) is 0. The van der Waals surface area contributed by atoms with Crippen LogP contribution in [0.5, 0.6) is 5.75 Å². The molecule has 0 spiro atoms. The Bertz CT molecular complexity index is 1110. The Labute approximate surface area is 194 Å². The third-order valence-electron chi connectivity index (χ3n) is 5.86. The minimum atomic E-state index is -4.19. The van der Waals surface area contributed by atoms with Gasteiger partial charge in [0.05, 0.1) is 12.6 Å². The molecular formula is C24H24F3N3O2S. The van der Waals surface area contributed by atoms with Gasteiger partial charge in [-0.05, 0) is 54.9 Å². The first-order chi connectivity index (χ1) is 15.8. The van der Waals surface area contributed by atoms with E-state index >= 15 is 0 Å². The monoisotopic (exact) mass is 475 g/mol. The molecule has 9 heteroatoms. The van der Waals surface area contributed by atoms with Crippen LogP contribution in [0, 0.1) is 11.3 Å². The van der Waals surface area contributed by atoms with E-state index in [9.17, 15) is 23.2 Å². The predicted molar refractivity (Wildman–Crippen MR) is 119 cm³/mol. The number of nitrogens with one attached hydrogen (secondary N) is 1. The number of ether oxygens (including phenoxy) is 1. The van der Waals surface area contributed by atoms with Gasteiger partial charge in [-0.3, -0.25) is 4.79 Å². The molecule has 0 radical (unpaired) electrons. The van der Waals surface area contributed by atoms with Crippen molar-refractivity contribution in [3.63, 3.8) is 0 Å². The number of alkyl halides is 3. The van der Waals surface area contributed by atoms with Crippen LogP contribution in [0.3, 0.4) is 0 Å². The zero-order chi connectivity index (χ0) is 23.6. The second-order valence-corrected chi connectivity index (χ2v) is 9.38. The molecule has 1 aromatic carbocycles. The molecule has 1 aromatic heterocycles. The van der Waals surface area contributed by atoms with Gasteiger partial charge >= 0.3 is 6.18 Å². The van der Waals surface area contributed by atoms with E-state index in [0.717, 1.165) is 29.0 Å². The van der Waals surface area contributed by atoms with Crippen molar-refractivity contribution in [2.45, 2.75) is 63.6 Å². The number of hydrogen-bond acceptors (Lipinski definition) is 5. The highest BCUT2D eigenvalue weighted by molar-refractivity contribution is 7.12. The smallest absolute Gasteiger partial charge is 0.389 e. The first-order valence-electron chi connectivity index (χ1n) is 11.0. The van der Waals surface area contributed by atoms with E-state index in [1.165, 1.54) is 4.88 Å². The van der Waals surface area contributed by atoms with E-state index in [2.05, 4.69) is 10.3 Å². The summed E-state index contributed by atoms with van der Waals surface area (Å²) in [4.78, 5) is 18.4. The van der Waals surface area contributed by atoms with E-state index in [-0.39, 0.29) is 24.6 Å². The van der Waals surface area contributed by atoms with E-state index in [1.54, 1.807) is 17.4 Å². The van der Waals surface area contributed by atoms with Gasteiger partial charge in [-0.25, -0.2) is 4.98 Å². The maximum absolute atomic E-state index is 12.7. The highest BCUT2D eigenvalue weighted by Gasteiger charge is 2.33. The van der Waals surface area contributed by atoms with Gasteiger partial charge in [0, 0.05) is 29.5 Å². The maximum atomic E-state index is 12.7. The summed E-state index contributed by atoms with van der Waals surface area (Å²) in [6.07, 6.45) is 0.0932. The molecular weight excluding hydrogens is 451 g/mol. The third kappa shape index (κ3) is 5.56. The molecule has 1 amide bonds. The lowest BCUT2D eigenvalue weighted by Crippen LogP contribution is -2.34. The fourth-order valence-electron chi connectivity index (χ4n) is 3.99. The summed E-state index contributed by atoms with van der Waals surface area (Å²) in [5.41, 5.74) is 2.61. The van der Waals surface area contributed by atoms with Crippen molar-refractivity contribution >= 4 is 22.8 Å². The largest absolute Gasteiger partial charge is 0.494 e. The molecule has 1 fully saturated rings. The van der Waals surface area contributed by atoms with Crippen LogP contribution < -0.4 is 10.1 Å². The number of carbonyl (C=O) groups excluding carboxylic acids is 1. The lowest BCUT2D eigenvalue weighted by atomic mass is 9.88. The first-order valence-corrected chi connectivity index (χ1v) is 11.8. The van der Waals surface area contributed by atoms with E-state index in [0.29, 0.717) is 30.1 Å². The molecule has 4 rings (SSSR count). The molecule has 5 nitrogen and oxygen atoms in total. The van der Waals surface area contributed by atoms with Crippen molar-refractivity contribution in [2.24, 2.45) is 0 Å². The van der Waals surface area contributed by atoms with Crippen LogP contribution in [-0.4, -0.2) is 23.7 Å². The standard InChI is InChI=1S/C24H24F3N3O2S/c1-2-14-10-16(32-9-3-8-24(25,26)27)6-7-17(14)20-11-18(19(12-28)22(31)30-20)23-29-13-21(33-23)15-4-5-15/h6-7,10,13,15,20H,2-5,8-9,11H2,1H3,(H,30,31)/t20-/m1/s1. The van der Waals surface area contributed by atoms with Gasteiger partial charge in [0.25, 0.3) is 5.91 Å². The quantitative estimate of drug-likeness (QED) is 0.487. The van der Waals surface area contributed by atoms with Gasteiger partial charge in [-0.1, -0.05) is 13.0 Å². The number of aryl methyl sites for hydroxylation is 1. The van der Waals surface area contributed by atoms with Crippen molar-refractivity contribution in [2.75, 3.05) is 6.61 Å². The molecule has 2 aromatic rings. The molecule has 0 unspecified atom stereocenters. The second kappa shape index (κ2) is 9.56. The molecule has 1 atom stereocenters. The SMILES string of the molecule is CCc1cc(OCCCC(F)(F)F)ccc1[C@H]1CC(c2ncc(C3CC3)s2)=C(C#N)C(=O)N1. The van der Waals surface area contributed by atoms with Crippen LogP contribution in [0.15, 0.2) is 30.0 Å². The zero-order valence-corrected chi connectivity index (χ0v) is 19.0. The van der Waals surface area contributed by atoms with Gasteiger partial charge in [0.2, 0.25) is 0 Å². The van der Waals surface area contributed by atoms with E-state index in [4.69, 9.17) is 4.74 Å². The minimum absolute atomic E-state index is 0.0199. The topological polar surface area (TPSA) is 75.0 Å². The second-order valence-electron chi connectivity index (χ2n) is 8.32. The number of halogens is 3. The number of aromatic nitrogens is 1. The summed E-state index contributed by atoms with van der Waals surface area (Å²) in [6.45, 7) is 1.95. The van der Waals surface area contributed by atoms with E-state index < -0.39 is 18.5 Å². The van der Waals surface area contributed by atoms with Crippen molar-refractivity contribution in [3.8, 4) is 11.8 Å². The minimum Gasteiger partial charge on any atom is -0.494 e. The molecule has 1 aliphatic carbocycles. The Morgan fingerprint density at radius 2 is 2.12 bits per heavy atom. The number of hydrogen-bond donors (Lipinski definition) is 1. The highest BCUT2D eigenvalue weighted by atomic mass is 32.1. The number of carbonyl (C=O) groups is 1. The molecule has 1 N–H and O–H groups in total.